The molecule has 0 radical (unpaired) electrons. The highest BCUT2D eigenvalue weighted by atomic mass is 127. The average molecular weight is 424 g/mol. The summed E-state index contributed by atoms with van der Waals surface area (Å²) in [6.07, 6.45) is 4.30. The highest BCUT2D eigenvalue weighted by molar-refractivity contribution is 14.0. The van der Waals surface area contributed by atoms with Gasteiger partial charge in [-0.15, -0.1) is 24.0 Å². The second-order valence-electron chi connectivity index (χ2n) is 6.13. The van der Waals surface area contributed by atoms with Gasteiger partial charge in [0.05, 0.1) is 6.10 Å². The third-order valence-corrected chi connectivity index (χ3v) is 4.41. The smallest absolute Gasteiger partial charge is 0.222 e. The van der Waals surface area contributed by atoms with E-state index in [1.165, 1.54) is 0 Å². The van der Waals surface area contributed by atoms with Crippen molar-refractivity contribution in [3.05, 3.63) is 0 Å². The highest BCUT2D eigenvalue weighted by Gasteiger charge is 2.26. The van der Waals surface area contributed by atoms with Gasteiger partial charge in [-0.3, -0.25) is 9.79 Å². The van der Waals surface area contributed by atoms with E-state index in [1.54, 1.807) is 4.90 Å². The largest absolute Gasteiger partial charge is 0.393 e. The van der Waals surface area contributed by atoms with Crippen LogP contribution in [0.15, 0.2) is 4.99 Å². The molecular weight excluding hydrogens is 395 g/mol. The summed E-state index contributed by atoms with van der Waals surface area (Å²) in [6.45, 7) is 4.23. The summed E-state index contributed by atoms with van der Waals surface area (Å²) < 4.78 is 0. The molecule has 3 N–H and O–H groups in total. The summed E-state index contributed by atoms with van der Waals surface area (Å²) in [5.41, 5.74) is 0. The SMILES string of the molecule is CCNC(=NCC1CCCC1O)NC1CCC(=O)N(C)C1.I. The van der Waals surface area contributed by atoms with Crippen molar-refractivity contribution in [2.45, 2.75) is 51.2 Å². The number of hydrogen-bond acceptors (Lipinski definition) is 3. The molecule has 0 spiro atoms. The van der Waals surface area contributed by atoms with Gasteiger partial charge < -0.3 is 20.6 Å². The second-order valence-corrected chi connectivity index (χ2v) is 6.13. The van der Waals surface area contributed by atoms with Crippen LogP contribution in [0.1, 0.15) is 39.0 Å². The van der Waals surface area contributed by atoms with Crippen molar-refractivity contribution >= 4 is 35.8 Å². The predicted octanol–water partition coefficient (Wildman–Crippen LogP) is 0.941. The van der Waals surface area contributed by atoms with E-state index in [0.717, 1.165) is 44.7 Å². The standard InChI is InChI=1S/C15H28N4O2.HI/c1-3-16-15(17-9-11-5-4-6-13(11)20)18-12-7-8-14(21)19(2)10-12;/h11-13,20H,3-10H2,1-2H3,(H2,16,17,18);1H. The number of rotatable bonds is 4. The van der Waals surface area contributed by atoms with Gasteiger partial charge in [-0.05, 0) is 26.2 Å². The van der Waals surface area contributed by atoms with Crippen LogP contribution in [0.5, 0.6) is 0 Å². The molecule has 2 aliphatic rings. The molecule has 3 unspecified atom stereocenters. The molecule has 0 bridgehead atoms. The summed E-state index contributed by atoms with van der Waals surface area (Å²) in [4.78, 5) is 17.9. The molecule has 1 heterocycles. The molecule has 2 rings (SSSR count). The number of aliphatic hydroxyl groups excluding tert-OH is 1. The van der Waals surface area contributed by atoms with Gasteiger partial charge in [0.2, 0.25) is 5.91 Å². The zero-order chi connectivity index (χ0) is 15.2. The predicted molar refractivity (Wildman–Crippen MR) is 98.5 cm³/mol. The number of piperidine rings is 1. The van der Waals surface area contributed by atoms with Crippen LogP contribution >= 0.6 is 24.0 Å². The van der Waals surface area contributed by atoms with Crippen molar-refractivity contribution in [1.82, 2.24) is 15.5 Å². The first-order valence-electron chi connectivity index (χ1n) is 8.07. The summed E-state index contributed by atoms with van der Waals surface area (Å²) in [7, 11) is 1.84. The number of aliphatic imine (C=N–C) groups is 1. The Bertz CT molecular complexity index is 392. The van der Waals surface area contributed by atoms with Crippen LogP contribution in [-0.4, -0.2) is 60.7 Å². The van der Waals surface area contributed by atoms with Crippen molar-refractivity contribution in [1.29, 1.82) is 0 Å². The number of aliphatic hydroxyl groups is 1. The molecule has 2 fully saturated rings. The number of carbonyl (C=O) groups is 1. The fraction of sp³-hybridized carbons (Fsp3) is 0.867. The highest BCUT2D eigenvalue weighted by Crippen LogP contribution is 2.25. The monoisotopic (exact) mass is 424 g/mol. The van der Waals surface area contributed by atoms with Crippen molar-refractivity contribution in [3.8, 4) is 0 Å². The lowest BCUT2D eigenvalue weighted by atomic mass is 10.1. The summed E-state index contributed by atoms with van der Waals surface area (Å²) in [5.74, 6) is 1.30. The molecule has 3 atom stereocenters. The van der Waals surface area contributed by atoms with Gasteiger partial charge in [0.15, 0.2) is 5.96 Å². The molecule has 1 aliphatic carbocycles. The Kier molecular flexibility index (Phi) is 8.45. The first kappa shape index (κ1) is 19.5. The summed E-state index contributed by atoms with van der Waals surface area (Å²) >= 11 is 0. The molecule has 128 valence electrons. The van der Waals surface area contributed by atoms with Gasteiger partial charge in [0.1, 0.15) is 0 Å². The van der Waals surface area contributed by atoms with Crippen molar-refractivity contribution in [2.75, 3.05) is 26.7 Å². The number of likely N-dealkylation sites (N-methyl/N-ethyl adjacent to an activating group) is 1. The van der Waals surface area contributed by atoms with Crippen molar-refractivity contribution < 1.29 is 9.90 Å². The third-order valence-electron chi connectivity index (χ3n) is 4.41. The Hall–Kier alpha value is -0.570. The molecule has 6 nitrogen and oxygen atoms in total. The molecule has 0 aromatic rings. The minimum absolute atomic E-state index is 0. The molecule has 1 saturated carbocycles. The Labute approximate surface area is 150 Å². The molecular formula is C15H29IN4O2. The van der Waals surface area contributed by atoms with Crippen LogP contribution in [-0.2, 0) is 4.79 Å². The number of amides is 1. The van der Waals surface area contributed by atoms with E-state index in [0.29, 0.717) is 13.0 Å². The number of nitrogens with zero attached hydrogens (tertiary/aromatic N) is 2. The van der Waals surface area contributed by atoms with Gasteiger partial charge in [0, 0.05) is 45.1 Å². The van der Waals surface area contributed by atoms with Crippen LogP contribution in [0.4, 0.5) is 0 Å². The van der Waals surface area contributed by atoms with E-state index >= 15 is 0 Å². The molecule has 0 aromatic carbocycles. The fourth-order valence-electron chi connectivity index (χ4n) is 3.08. The van der Waals surface area contributed by atoms with E-state index < -0.39 is 0 Å². The maximum Gasteiger partial charge on any atom is 0.222 e. The number of hydrogen-bond donors (Lipinski definition) is 3. The fourth-order valence-corrected chi connectivity index (χ4v) is 3.08. The lowest BCUT2D eigenvalue weighted by Gasteiger charge is -2.31. The quantitative estimate of drug-likeness (QED) is 0.357. The first-order chi connectivity index (χ1) is 10.1. The Morgan fingerprint density at radius 1 is 1.41 bits per heavy atom. The molecule has 1 aliphatic heterocycles. The van der Waals surface area contributed by atoms with Crippen molar-refractivity contribution in [2.24, 2.45) is 10.9 Å². The number of carbonyl (C=O) groups excluding carboxylic acids is 1. The third kappa shape index (κ3) is 5.57. The van der Waals surface area contributed by atoms with E-state index in [1.807, 2.05) is 14.0 Å². The lowest BCUT2D eigenvalue weighted by molar-refractivity contribution is -0.132. The normalized spacial score (nSPS) is 29.2. The van der Waals surface area contributed by atoms with Gasteiger partial charge in [0.25, 0.3) is 0 Å². The van der Waals surface area contributed by atoms with Crippen LogP contribution < -0.4 is 10.6 Å². The maximum atomic E-state index is 11.5. The van der Waals surface area contributed by atoms with Crippen LogP contribution in [0.3, 0.4) is 0 Å². The molecule has 22 heavy (non-hydrogen) atoms. The Morgan fingerprint density at radius 2 is 2.18 bits per heavy atom. The minimum atomic E-state index is -0.199. The zero-order valence-corrected chi connectivity index (χ0v) is 15.9. The van der Waals surface area contributed by atoms with Gasteiger partial charge >= 0.3 is 0 Å². The topological polar surface area (TPSA) is 77.0 Å². The maximum absolute atomic E-state index is 11.5. The van der Waals surface area contributed by atoms with E-state index in [4.69, 9.17) is 0 Å². The number of guanidine groups is 1. The molecule has 1 amide bonds. The van der Waals surface area contributed by atoms with Crippen molar-refractivity contribution in [3.63, 3.8) is 0 Å². The van der Waals surface area contributed by atoms with Crippen LogP contribution in [0.2, 0.25) is 0 Å². The average Bonchev–Trinajstić information content (AvgIpc) is 2.86. The number of nitrogens with one attached hydrogen (secondary N) is 2. The Balaban J connectivity index is 0.00000242. The summed E-state index contributed by atoms with van der Waals surface area (Å²) in [6, 6.07) is 0.249. The molecule has 1 saturated heterocycles. The summed E-state index contributed by atoms with van der Waals surface area (Å²) in [5, 5.41) is 16.5. The minimum Gasteiger partial charge on any atom is -0.393 e. The number of halogens is 1. The zero-order valence-electron chi connectivity index (χ0n) is 13.5. The molecule has 7 heteroatoms. The molecule has 0 aromatic heterocycles. The van der Waals surface area contributed by atoms with E-state index in [2.05, 4.69) is 15.6 Å². The van der Waals surface area contributed by atoms with E-state index in [9.17, 15) is 9.90 Å². The van der Waals surface area contributed by atoms with Gasteiger partial charge in [-0.2, -0.15) is 0 Å². The van der Waals surface area contributed by atoms with E-state index in [-0.39, 0.29) is 47.9 Å². The lowest BCUT2D eigenvalue weighted by Crippen LogP contribution is -2.51. The Morgan fingerprint density at radius 3 is 2.77 bits per heavy atom. The van der Waals surface area contributed by atoms with Crippen LogP contribution in [0, 0.1) is 5.92 Å². The van der Waals surface area contributed by atoms with Gasteiger partial charge in [-0.1, -0.05) is 6.42 Å². The number of likely N-dealkylation sites (tertiary alicyclic amines) is 1. The second kappa shape index (κ2) is 9.54. The van der Waals surface area contributed by atoms with Gasteiger partial charge in [-0.25, -0.2) is 0 Å². The van der Waals surface area contributed by atoms with Crippen LogP contribution in [0.25, 0.3) is 0 Å². The first-order valence-corrected chi connectivity index (χ1v) is 8.07.